The van der Waals surface area contributed by atoms with Gasteiger partial charge in [0.2, 0.25) is 5.91 Å². The standard InChI is InChI=1S/C22H25N3O2/c26-22-20(19-6-1-2-7-21(19)24-22)16-23-17-8-10-18(11-9-17)27-15-5-14-25-12-3-4-13-25/h1-2,6-11,16,20H,3-5,12-15H2,(H,24,26). The Morgan fingerprint density at radius 3 is 2.70 bits per heavy atom. The van der Waals surface area contributed by atoms with Gasteiger partial charge in [-0.05, 0) is 68.2 Å². The molecule has 27 heavy (non-hydrogen) atoms. The number of rotatable bonds is 7. The molecule has 1 fully saturated rings. The molecule has 5 nitrogen and oxygen atoms in total. The third-order valence-corrected chi connectivity index (χ3v) is 5.13. The Morgan fingerprint density at radius 2 is 1.89 bits per heavy atom. The van der Waals surface area contributed by atoms with Gasteiger partial charge in [-0.15, -0.1) is 0 Å². The zero-order valence-electron chi connectivity index (χ0n) is 15.4. The SMILES string of the molecule is O=C1Nc2ccccc2C1C=Nc1ccc(OCCCN2CCCC2)cc1. The molecule has 1 N–H and O–H groups in total. The topological polar surface area (TPSA) is 53.9 Å². The van der Waals surface area contributed by atoms with E-state index < -0.39 is 0 Å². The fourth-order valence-corrected chi connectivity index (χ4v) is 3.66. The monoisotopic (exact) mass is 363 g/mol. The zero-order valence-corrected chi connectivity index (χ0v) is 15.4. The summed E-state index contributed by atoms with van der Waals surface area (Å²) in [5, 5.41) is 2.89. The number of hydrogen-bond donors (Lipinski definition) is 1. The number of aliphatic imine (C=N–C) groups is 1. The number of nitrogens with zero attached hydrogens (tertiary/aromatic N) is 2. The first-order valence-corrected chi connectivity index (χ1v) is 9.69. The highest BCUT2D eigenvalue weighted by Crippen LogP contribution is 2.31. The van der Waals surface area contributed by atoms with E-state index in [9.17, 15) is 4.79 Å². The molecule has 2 aromatic rings. The minimum atomic E-state index is -0.331. The summed E-state index contributed by atoms with van der Waals surface area (Å²) in [4.78, 5) is 19.1. The zero-order chi connectivity index (χ0) is 18.5. The van der Waals surface area contributed by atoms with E-state index in [-0.39, 0.29) is 11.8 Å². The number of likely N-dealkylation sites (tertiary alicyclic amines) is 1. The molecular weight excluding hydrogens is 338 g/mol. The van der Waals surface area contributed by atoms with Crippen molar-refractivity contribution in [3.63, 3.8) is 0 Å². The molecule has 0 bridgehead atoms. The van der Waals surface area contributed by atoms with E-state index in [0.29, 0.717) is 0 Å². The van der Waals surface area contributed by atoms with Crippen LogP contribution in [0.2, 0.25) is 0 Å². The number of fused-ring (bicyclic) bond motifs is 1. The lowest BCUT2D eigenvalue weighted by molar-refractivity contribution is -0.115. The van der Waals surface area contributed by atoms with Crippen molar-refractivity contribution in [1.82, 2.24) is 4.90 Å². The van der Waals surface area contributed by atoms with Crippen molar-refractivity contribution in [3.8, 4) is 5.75 Å². The molecule has 2 heterocycles. The molecule has 1 amide bonds. The van der Waals surface area contributed by atoms with E-state index in [2.05, 4.69) is 15.2 Å². The van der Waals surface area contributed by atoms with Crippen LogP contribution in [0.3, 0.4) is 0 Å². The van der Waals surface area contributed by atoms with E-state index in [4.69, 9.17) is 4.74 Å². The van der Waals surface area contributed by atoms with Crippen molar-refractivity contribution < 1.29 is 9.53 Å². The number of anilines is 1. The highest BCUT2D eigenvalue weighted by molar-refractivity contribution is 6.12. The summed E-state index contributed by atoms with van der Waals surface area (Å²) < 4.78 is 5.82. The van der Waals surface area contributed by atoms with Crippen molar-refractivity contribution in [2.24, 2.45) is 4.99 Å². The summed E-state index contributed by atoms with van der Waals surface area (Å²) in [5.41, 5.74) is 2.66. The summed E-state index contributed by atoms with van der Waals surface area (Å²) in [6, 6.07) is 15.4. The Labute approximate surface area is 160 Å². The van der Waals surface area contributed by atoms with E-state index in [0.717, 1.165) is 42.3 Å². The molecule has 2 aromatic carbocycles. The maximum absolute atomic E-state index is 12.1. The van der Waals surface area contributed by atoms with Crippen molar-refractivity contribution >= 4 is 23.5 Å². The van der Waals surface area contributed by atoms with Crippen LogP contribution in [0.5, 0.6) is 5.75 Å². The number of ether oxygens (including phenoxy) is 1. The molecule has 1 saturated heterocycles. The molecule has 4 rings (SSSR count). The molecule has 0 spiro atoms. The van der Waals surface area contributed by atoms with Crippen LogP contribution in [-0.2, 0) is 4.79 Å². The minimum Gasteiger partial charge on any atom is -0.494 e. The maximum atomic E-state index is 12.1. The van der Waals surface area contributed by atoms with Gasteiger partial charge in [-0.3, -0.25) is 9.79 Å². The van der Waals surface area contributed by atoms with Gasteiger partial charge >= 0.3 is 0 Å². The first-order chi connectivity index (χ1) is 13.3. The van der Waals surface area contributed by atoms with Gasteiger partial charge in [0, 0.05) is 18.4 Å². The summed E-state index contributed by atoms with van der Waals surface area (Å²) >= 11 is 0. The molecule has 2 aliphatic heterocycles. The van der Waals surface area contributed by atoms with Gasteiger partial charge in [-0.1, -0.05) is 18.2 Å². The normalized spacial score (nSPS) is 19.4. The number of benzene rings is 2. The number of nitrogens with one attached hydrogen (secondary N) is 1. The van der Waals surface area contributed by atoms with Crippen LogP contribution in [0.15, 0.2) is 53.5 Å². The van der Waals surface area contributed by atoms with E-state index in [1.165, 1.54) is 25.9 Å². The van der Waals surface area contributed by atoms with Gasteiger partial charge < -0.3 is 15.0 Å². The molecule has 140 valence electrons. The van der Waals surface area contributed by atoms with Gasteiger partial charge in [0.15, 0.2) is 0 Å². The van der Waals surface area contributed by atoms with Gasteiger partial charge in [0.05, 0.1) is 12.3 Å². The molecule has 5 heteroatoms. The molecule has 0 aliphatic carbocycles. The van der Waals surface area contributed by atoms with Gasteiger partial charge in [0.25, 0.3) is 0 Å². The van der Waals surface area contributed by atoms with E-state index in [1.54, 1.807) is 6.21 Å². The van der Waals surface area contributed by atoms with Crippen molar-refractivity contribution in [2.75, 3.05) is 31.6 Å². The van der Waals surface area contributed by atoms with Crippen molar-refractivity contribution in [1.29, 1.82) is 0 Å². The lowest BCUT2D eigenvalue weighted by Crippen LogP contribution is -2.21. The van der Waals surface area contributed by atoms with Crippen LogP contribution in [-0.4, -0.2) is 43.3 Å². The molecule has 0 radical (unpaired) electrons. The predicted octanol–water partition coefficient (Wildman–Crippen LogP) is 3.99. The Balaban J connectivity index is 1.29. The van der Waals surface area contributed by atoms with Crippen LogP contribution >= 0.6 is 0 Å². The van der Waals surface area contributed by atoms with Crippen molar-refractivity contribution in [3.05, 3.63) is 54.1 Å². The first kappa shape index (κ1) is 17.7. The summed E-state index contributed by atoms with van der Waals surface area (Å²) in [6.45, 7) is 4.32. The Hall–Kier alpha value is -2.66. The average Bonchev–Trinajstić information content (AvgIpc) is 3.32. The second-order valence-corrected chi connectivity index (χ2v) is 7.08. The second kappa shape index (κ2) is 8.35. The Kier molecular flexibility index (Phi) is 5.49. The van der Waals surface area contributed by atoms with Crippen LogP contribution < -0.4 is 10.1 Å². The quantitative estimate of drug-likeness (QED) is 0.598. The second-order valence-electron chi connectivity index (χ2n) is 7.08. The number of hydrogen-bond acceptors (Lipinski definition) is 4. The fraction of sp³-hybridized carbons (Fsp3) is 0.364. The van der Waals surface area contributed by atoms with E-state index >= 15 is 0 Å². The van der Waals surface area contributed by atoms with Crippen LogP contribution in [0.4, 0.5) is 11.4 Å². The number of amides is 1. The van der Waals surface area contributed by atoms with Crippen molar-refractivity contribution in [2.45, 2.75) is 25.2 Å². The summed E-state index contributed by atoms with van der Waals surface area (Å²) in [5.74, 6) is 0.500. The van der Waals surface area contributed by atoms with Crippen LogP contribution in [0, 0.1) is 0 Å². The summed E-state index contributed by atoms with van der Waals surface area (Å²) in [7, 11) is 0. The molecule has 1 atom stereocenters. The summed E-state index contributed by atoms with van der Waals surface area (Å²) in [6.07, 6.45) is 5.43. The Bertz CT molecular complexity index is 811. The number of carbonyl (C=O) groups excluding carboxylic acids is 1. The molecule has 0 aromatic heterocycles. The molecule has 0 saturated carbocycles. The average molecular weight is 363 g/mol. The smallest absolute Gasteiger partial charge is 0.237 e. The van der Waals surface area contributed by atoms with Gasteiger partial charge in [-0.25, -0.2) is 0 Å². The van der Waals surface area contributed by atoms with Crippen LogP contribution in [0.25, 0.3) is 0 Å². The maximum Gasteiger partial charge on any atom is 0.237 e. The molecule has 1 unspecified atom stereocenters. The first-order valence-electron chi connectivity index (χ1n) is 9.69. The highest BCUT2D eigenvalue weighted by atomic mass is 16.5. The fourth-order valence-electron chi connectivity index (χ4n) is 3.66. The lowest BCUT2D eigenvalue weighted by atomic mass is 10.0. The third kappa shape index (κ3) is 4.37. The molecule has 2 aliphatic rings. The number of carbonyl (C=O) groups is 1. The van der Waals surface area contributed by atoms with Gasteiger partial charge in [0.1, 0.15) is 11.7 Å². The van der Waals surface area contributed by atoms with Crippen LogP contribution in [0.1, 0.15) is 30.7 Å². The van der Waals surface area contributed by atoms with E-state index in [1.807, 2.05) is 48.5 Å². The minimum absolute atomic E-state index is 0.0297. The third-order valence-electron chi connectivity index (χ3n) is 5.13. The number of para-hydroxylation sites is 1. The Morgan fingerprint density at radius 1 is 1.11 bits per heavy atom. The predicted molar refractivity (Wildman–Crippen MR) is 108 cm³/mol. The van der Waals surface area contributed by atoms with Gasteiger partial charge in [-0.2, -0.15) is 0 Å². The largest absolute Gasteiger partial charge is 0.494 e. The lowest BCUT2D eigenvalue weighted by Gasteiger charge is -2.14. The highest BCUT2D eigenvalue weighted by Gasteiger charge is 2.28. The molecular formula is C22H25N3O2.